The quantitative estimate of drug-likeness (QED) is 0.924. The standard InChI is InChI=1S/C14H17ClFNO3S/c1-21(19,20)11-4-2-3-10(8-11)17-14(18)12-6-5-9(16)7-13(12)15/h5-7,10-11H,2-4,8H2,1H3,(H,17,18)/t10-,11-/m0/s1. The minimum absolute atomic E-state index is 0.0444. The highest BCUT2D eigenvalue weighted by atomic mass is 35.5. The lowest BCUT2D eigenvalue weighted by Crippen LogP contribution is -2.41. The number of amides is 1. The average Bonchev–Trinajstić information content (AvgIpc) is 2.37. The van der Waals surface area contributed by atoms with E-state index in [2.05, 4.69) is 5.32 Å². The van der Waals surface area contributed by atoms with Crippen molar-refractivity contribution in [1.29, 1.82) is 0 Å². The molecule has 1 amide bonds. The zero-order valence-corrected chi connectivity index (χ0v) is 13.2. The number of halogens is 2. The van der Waals surface area contributed by atoms with Crippen molar-refractivity contribution in [2.24, 2.45) is 0 Å². The van der Waals surface area contributed by atoms with Crippen LogP contribution in [0.5, 0.6) is 0 Å². The minimum atomic E-state index is -3.10. The van der Waals surface area contributed by atoms with Crippen molar-refractivity contribution in [2.45, 2.75) is 37.0 Å². The molecule has 21 heavy (non-hydrogen) atoms. The fourth-order valence-corrected chi connectivity index (χ4v) is 4.03. The third-order valence-electron chi connectivity index (χ3n) is 3.74. The van der Waals surface area contributed by atoms with Crippen LogP contribution in [0, 0.1) is 5.82 Å². The van der Waals surface area contributed by atoms with Crippen LogP contribution in [0.15, 0.2) is 18.2 Å². The second-order valence-corrected chi connectivity index (χ2v) is 8.15. The molecule has 0 radical (unpaired) electrons. The molecule has 1 aromatic rings. The van der Waals surface area contributed by atoms with E-state index >= 15 is 0 Å². The monoisotopic (exact) mass is 333 g/mol. The first-order valence-electron chi connectivity index (χ1n) is 6.72. The van der Waals surface area contributed by atoms with Crippen LogP contribution in [0.4, 0.5) is 4.39 Å². The van der Waals surface area contributed by atoms with Gasteiger partial charge in [0.2, 0.25) is 0 Å². The van der Waals surface area contributed by atoms with Crippen molar-refractivity contribution in [3.05, 3.63) is 34.6 Å². The van der Waals surface area contributed by atoms with E-state index in [0.29, 0.717) is 12.8 Å². The fourth-order valence-electron chi connectivity index (χ4n) is 2.60. The van der Waals surface area contributed by atoms with Gasteiger partial charge in [0.1, 0.15) is 15.7 Å². The summed E-state index contributed by atoms with van der Waals surface area (Å²) in [5, 5.41) is 2.42. The van der Waals surface area contributed by atoms with Crippen LogP contribution >= 0.6 is 11.6 Å². The number of hydrogen-bond donors (Lipinski definition) is 1. The Hall–Kier alpha value is -1.14. The Morgan fingerprint density at radius 2 is 2.10 bits per heavy atom. The Morgan fingerprint density at radius 1 is 1.38 bits per heavy atom. The van der Waals surface area contributed by atoms with E-state index in [1.54, 1.807) is 0 Å². The Bertz CT molecular complexity index is 648. The Labute approximate surface area is 128 Å². The lowest BCUT2D eigenvalue weighted by atomic mass is 9.94. The molecule has 4 nitrogen and oxygen atoms in total. The van der Waals surface area contributed by atoms with Gasteiger partial charge in [0.05, 0.1) is 15.8 Å². The number of benzene rings is 1. The van der Waals surface area contributed by atoms with Crippen molar-refractivity contribution in [3.63, 3.8) is 0 Å². The van der Waals surface area contributed by atoms with Gasteiger partial charge >= 0.3 is 0 Å². The summed E-state index contributed by atoms with van der Waals surface area (Å²) in [4.78, 5) is 12.1. The first-order chi connectivity index (χ1) is 9.77. The molecule has 1 fully saturated rings. The first kappa shape index (κ1) is 16.2. The Kier molecular flexibility index (Phi) is 4.88. The SMILES string of the molecule is CS(=O)(=O)[C@H]1CCC[C@H](NC(=O)c2ccc(F)cc2Cl)C1. The summed E-state index contributed by atoms with van der Waals surface area (Å²) in [5.74, 6) is -0.912. The van der Waals surface area contributed by atoms with Gasteiger partial charge in [-0.3, -0.25) is 4.79 Å². The van der Waals surface area contributed by atoms with Crippen molar-refractivity contribution >= 4 is 27.3 Å². The average molecular weight is 334 g/mol. The maximum atomic E-state index is 13.0. The highest BCUT2D eigenvalue weighted by Gasteiger charge is 2.30. The number of rotatable bonds is 3. The van der Waals surface area contributed by atoms with Crippen molar-refractivity contribution in [3.8, 4) is 0 Å². The zero-order chi connectivity index (χ0) is 15.6. The normalized spacial score (nSPS) is 22.8. The Balaban J connectivity index is 2.05. The molecule has 0 heterocycles. The molecule has 0 bridgehead atoms. The largest absolute Gasteiger partial charge is 0.349 e. The van der Waals surface area contributed by atoms with Gasteiger partial charge in [0.25, 0.3) is 5.91 Å². The zero-order valence-electron chi connectivity index (χ0n) is 11.6. The van der Waals surface area contributed by atoms with Gasteiger partial charge in [-0.2, -0.15) is 0 Å². The van der Waals surface area contributed by atoms with Crippen LogP contribution in [0.25, 0.3) is 0 Å². The van der Waals surface area contributed by atoms with E-state index in [1.165, 1.54) is 18.4 Å². The van der Waals surface area contributed by atoms with Crippen LogP contribution in [0.1, 0.15) is 36.0 Å². The van der Waals surface area contributed by atoms with Gasteiger partial charge in [-0.05, 0) is 37.5 Å². The van der Waals surface area contributed by atoms with Gasteiger partial charge < -0.3 is 5.32 Å². The van der Waals surface area contributed by atoms with Gasteiger partial charge in [-0.1, -0.05) is 18.0 Å². The molecule has 1 N–H and O–H groups in total. The topological polar surface area (TPSA) is 63.2 Å². The minimum Gasteiger partial charge on any atom is -0.349 e. The number of nitrogens with one attached hydrogen (secondary N) is 1. The lowest BCUT2D eigenvalue weighted by molar-refractivity contribution is 0.0928. The lowest BCUT2D eigenvalue weighted by Gasteiger charge is -2.28. The summed E-state index contributed by atoms with van der Waals surface area (Å²) in [6, 6.07) is 3.37. The van der Waals surface area contributed by atoms with Crippen LogP contribution in [-0.4, -0.2) is 31.9 Å². The van der Waals surface area contributed by atoms with Crippen LogP contribution in [0.2, 0.25) is 5.02 Å². The van der Waals surface area contributed by atoms with Crippen LogP contribution in [-0.2, 0) is 9.84 Å². The van der Waals surface area contributed by atoms with Crippen LogP contribution < -0.4 is 5.32 Å². The summed E-state index contributed by atoms with van der Waals surface area (Å²) < 4.78 is 36.2. The molecule has 2 rings (SSSR count). The molecule has 1 aromatic carbocycles. The van der Waals surface area contributed by atoms with Gasteiger partial charge in [0.15, 0.2) is 0 Å². The molecule has 2 atom stereocenters. The highest BCUT2D eigenvalue weighted by molar-refractivity contribution is 7.91. The first-order valence-corrected chi connectivity index (χ1v) is 9.05. The molecular formula is C14H17ClFNO3S. The maximum absolute atomic E-state index is 13.0. The molecule has 1 aliphatic carbocycles. The third-order valence-corrected chi connectivity index (χ3v) is 5.69. The van der Waals surface area contributed by atoms with E-state index in [4.69, 9.17) is 11.6 Å². The molecule has 0 unspecified atom stereocenters. The van der Waals surface area contributed by atoms with Crippen molar-refractivity contribution in [2.75, 3.05) is 6.26 Å². The summed E-state index contributed by atoms with van der Waals surface area (Å²) >= 11 is 5.85. The molecule has 0 spiro atoms. The van der Waals surface area contributed by atoms with Crippen molar-refractivity contribution in [1.82, 2.24) is 5.32 Å². The molecule has 0 saturated heterocycles. The van der Waals surface area contributed by atoms with Gasteiger partial charge in [-0.25, -0.2) is 12.8 Å². The molecule has 0 aliphatic heterocycles. The van der Waals surface area contributed by atoms with E-state index < -0.39 is 26.8 Å². The van der Waals surface area contributed by atoms with E-state index in [-0.39, 0.29) is 16.6 Å². The Morgan fingerprint density at radius 3 is 2.71 bits per heavy atom. The summed E-state index contributed by atoms with van der Waals surface area (Å²) in [5.41, 5.74) is 0.194. The van der Waals surface area contributed by atoms with E-state index in [1.807, 2.05) is 0 Å². The third kappa shape index (κ3) is 4.17. The number of sulfone groups is 1. The highest BCUT2D eigenvalue weighted by Crippen LogP contribution is 2.25. The molecule has 116 valence electrons. The molecule has 7 heteroatoms. The van der Waals surface area contributed by atoms with E-state index in [0.717, 1.165) is 18.9 Å². The number of carbonyl (C=O) groups is 1. The maximum Gasteiger partial charge on any atom is 0.253 e. The molecule has 1 saturated carbocycles. The second kappa shape index (κ2) is 6.32. The number of carbonyl (C=O) groups excluding carboxylic acids is 1. The van der Waals surface area contributed by atoms with E-state index in [9.17, 15) is 17.6 Å². The number of hydrogen-bond acceptors (Lipinski definition) is 3. The predicted octanol–water partition coefficient (Wildman–Crippen LogP) is 2.56. The van der Waals surface area contributed by atoms with Gasteiger partial charge in [-0.15, -0.1) is 0 Å². The smallest absolute Gasteiger partial charge is 0.253 e. The molecule has 1 aliphatic rings. The summed E-state index contributed by atoms with van der Waals surface area (Å²) in [6.45, 7) is 0. The van der Waals surface area contributed by atoms with Gasteiger partial charge in [0, 0.05) is 12.3 Å². The predicted molar refractivity (Wildman–Crippen MR) is 79.8 cm³/mol. The molecular weight excluding hydrogens is 317 g/mol. The second-order valence-electron chi connectivity index (χ2n) is 5.41. The summed E-state index contributed by atoms with van der Waals surface area (Å²) in [6.07, 6.45) is 3.74. The molecule has 0 aromatic heterocycles. The van der Waals surface area contributed by atoms with Crippen LogP contribution in [0.3, 0.4) is 0 Å². The summed E-state index contributed by atoms with van der Waals surface area (Å²) in [7, 11) is -3.10. The van der Waals surface area contributed by atoms with Crippen molar-refractivity contribution < 1.29 is 17.6 Å². The fraction of sp³-hybridized carbons (Fsp3) is 0.500.